The van der Waals surface area contributed by atoms with Gasteiger partial charge >= 0.3 is 6.01 Å². The summed E-state index contributed by atoms with van der Waals surface area (Å²) in [5.41, 5.74) is 0.0605. The molecule has 1 aliphatic carbocycles. The minimum absolute atomic E-state index is 0.0413. The Hall–Kier alpha value is -2.32. The highest BCUT2D eigenvalue weighted by Gasteiger charge is 2.51. The third-order valence-electron chi connectivity index (χ3n) is 6.34. The average Bonchev–Trinajstić information content (AvgIpc) is 3.12. The first-order valence-electron chi connectivity index (χ1n) is 11.0. The van der Waals surface area contributed by atoms with Gasteiger partial charge in [0.05, 0.1) is 18.8 Å². The molecule has 1 aliphatic heterocycles. The number of aliphatic hydroxyl groups is 1. The molecule has 1 aromatic heterocycles. The number of nitrogens with zero attached hydrogens (tertiary/aromatic N) is 3. The van der Waals surface area contributed by atoms with Crippen LogP contribution < -0.4 is 9.47 Å². The average molecular weight is 433 g/mol. The molecular formula is C23H29F2N3O3. The first kappa shape index (κ1) is 21.9. The van der Waals surface area contributed by atoms with Crippen LogP contribution in [-0.2, 0) is 12.1 Å². The molecule has 2 aromatic rings. The predicted molar refractivity (Wildman–Crippen MR) is 111 cm³/mol. The van der Waals surface area contributed by atoms with Crippen molar-refractivity contribution in [1.82, 2.24) is 14.9 Å². The fraction of sp³-hybridized carbons (Fsp3) is 0.565. The van der Waals surface area contributed by atoms with Gasteiger partial charge < -0.3 is 14.6 Å². The van der Waals surface area contributed by atoms with Gasteiger partial charge in [-0.05, 0) is 56.7 Å². The highest BCUT2D eigenvalue weighted by atomic mass is 19.1. The molecule has 31 heavy (non-hydrogen) atoms. The molecule has 6 nitrogen and oxygen atoms in total. The van der Waals surface area contributed by atoms with Crippen LogP contribution in [0.1, 0.15) is 44.2 Å². The van der Waals surface area contributed by atoms with Gasteiger partial charge in [0.1, 0.15) is 17.2 Å². The summed E-state index contributed by atoms with van der Waals surface area (Å²) in [4.78, 5) is 10.8. The smallest absolute Gasteiger partial charge is 0.319 e. The van der Waals surface area contributed by atoms with E-state index >= 15 is 0 Å². The molecule has 1 N–H and O–H groups in total. The molecule has 4 rings (SSSR count). The van der Waals surface area contributed by atoms with Gasteiger partial charge in [0.15, 0.2) is 0 Å². The molecule has 0 radical (unpaired) electrons. The van der Waals surface area contributed by atoms with Crippen LogP contribution in [0.3, 0.4) is 0 Å². The van der Waals surface area contributed by atoms with Crippen molar-refractivity contribution in [3.8, 4) is 11.9 Å². The first-order chi connectivity index (χ1) is 14.9. The molecule has 1 saturated heterocycles. The molecular weight excluding hydrogens is 404 g/mol. The minimum Gasteiger partial charge on any atom is -0.478 e. The first-order valence-corrected chi connectivity index (χ1v) is 11.0. The number of halogens is 2. The second-order valence-corrected chi connectivity index (χ2v) is 8.39. The van der Waals surface area contributed by atoms with Crippen molar-refractivity contribution in [1.29, 1.82) is 0 Å². The van der Waals surface area contributed by atoms with Crippen molar-refractivity contribution in [3.05, 3.63) is 47.2 Å². The Kier molecular flexibility index (Phi) is 6.39. The quantitative estimate of drug-likeness (QED) is 0.719. The molecule has 0 unspecified atom stereocenters. The predicted octanol–water partition coefficient (Wildman–Crippen LogP) is 3.67. The topological polar surface area (TPSA) is 67.7 Å². The van der Waals surface area contributed by atoms with E-state index in [0.717, 1.165) is 25.5 Å². The van der Waals surface area contributed by atoms with E-state index in [4.69, 9.17) is 9.47 Å². The fourth-order valence-corrected chi connectivity index (χ4v) is 5.13. The molecule has 0 amide bonds. The van der Waals surface area contributed by atoms with Crippen molar-refractivity contribution in [2.45, 2.75) is 45.3 Å². The zero-order valence-corrected chi connectivity index (χ0v) is 18.0. The number of hydrogen-bond acceptors (Lipinski definition) is 6. The Morgan fingerprint density at radius 3 is 2.58 bits per heavy atom. The number of rotatable bonds is 7. The number of benzene rings is 1. The minimum atomic E-state index is -1.12. The van der Waals surface area contributed by atoms with Crippen LogP contribution >= 0.6 is 0 Å². The Bertz CT molecular complexity index is 909. The second-order valence-electron chi connectivity index (χ2n) is 8.39. The van der Waals surface area contributed by atoms with Crippen LogP contribution in [0.15, 0.2) is 24.4 Å². The largest absolute Gasteiger partial charge is 0.478 e. The highest BCUT2D eigenvalue weighted by molar-refractivity contribution is 5.33. The normalized spacial score (nSPS) is 26.0. The third kappa shape index (κ3) is 4.50. The Morgan fingerprint density at radius 2 is 1.87 bits per heavy atom. The number of likely N-dealkylation sites (tertiary alicyclic amines) is 1. The van der Waals surface area contributed by atoms with Gasteiger partial charge in [-0.3, -0.25) is 4.90 Å². The lowest BCUT2D eigenvalue weighted by Gasteiger charge is -2.41. The van der Waals surface area contributed by atoms with Crippen molar-refractivity contribution in [2.75, 3.05) is 26.3 Å². The summed E-state index contributed by atoms with van der Waals surface area (Å²) in [6, 6.07) is 3.84. The number of ether oxygens (including phenoxy) is 2. The van der Waals surface area contributed by atoms with Gasteiger partial charge in [-0.1, -0.05) is 0 Å². The van der Waals surface area contributed by atoms with Crippen molar-refractivity contribution < 1.29 is 23.4 Å². The number of aromatic nitrogens is 2. The van der Waals surface area contributed by atoms with E-state index < -0.39 is 17.2 Å². The van der Waals surface area contributed by atoms with Crippen molar-refractivity contribution in [2.24, 2.45) is 11.8 Å². The zero-order valence-electron chi connectivity index (χ0n) is 18.0. The molecule has 3 atom stereocenters. The van der Waals surface area contributed by atoms with Gasteiger partial charge in [-0.15, -0.1) is 0 Å². The molecule has 1 aromatic carbocycles. The van der Waals surface area contributed by atoms with Gasteiger partial charge in [0.25, 0.3) is 0 Å². The standard InChI is InChI=1S/C23H29F2N3O3/c1-3-30-21-19(11-26-22(27-21)31-4-2)23(29)7-5-6-16-13-28(14-20(16)23)12-15-8-17(24)10-18(25)9-15/h8-11,16,20,29H,3-7,12-14H2,1-2H3/t16-,20-,23+/m0/s1. The van der Waals surface area contributed by atoms with Crippen molar-refractivity contribution >= 4 is 0 Å². The van der Waals surface area contributed by atoms with Crippen LogP contribution in [0, 0.1) is 23.5 Å². The van der Waals surface area contributed by atoms with E-state index in [1.54, 1.807) is 6.20 Å². The zero-order chi connectivity index (χ0) is 22.0. The summed E-state index contributed by atoms with van der Waals surface area (Å²) in [6.07, 6.45) is 4.09. The number of hydrogen-bond donors (Lipinski definition) is 1. The van der Waals surface area contributed by atoms with Crippen LogP contribution in [0.4, 0.5) is 8.78 Å². The molecule has 1 saturated carbocycles. The second kappa shape index (κ2) is 9.04. The Balaban J connectivity index is 1.59. The van der Waals surface area contributed by atoms with Gasteiger partial charge in [-0.25, -0.2) is 13.8 Å². The van der Waals surface area contributed by atoms with E-state index in [0.29, 0.717) is 49.7 Å². The van der Waals surface area contributed by atoms with Crippen LogP contribution in [0.2, 0.25) is 0 Å². The molecule has 2 fully saturated rings. The summed E-state index contributed by atoms with van der Waals surface area (Å²) < 4.78 is 38.4. The maximum atomic E-state index is 13.6. The molecule has 2 heterocycles. The van der Waals surface area contributed by atoms with E-state index in [-0.39, 0.29) is 17.8 Å². The summed E-state index contributed by atoms with van der Waals surface area (Å²) >= 11 is 0. The lowest BCUT2D eigenvalue weighted by Crippen LogP contribution is -2.43. The maximum absolute atomic E-state index is 13.6. The molecule has 168 valence electrons. The van der Waals surface area contributed by atoms with E-state index in [2.05, 4.69) is 14.9 Å². The highest BCUT2D eigenvalue weighted by Crippen LogP contribution is 2.50. The maximum Gasteiger partial charge on any atom is 0.319 e. The monoisotopic (exact) mass is 433 g/mol. The molecule has 2 aliphatic rings. The van der Waals surface area contributed by atoms with Gasteiger partial charge in [0.2, 0.25) is 5.88 Å². The lowest BCUT2D eigenvalue weighted by atomic mass is 9.68. The SMILES string of the molecule is CCOc1ncc([C@]2(O)CCC[C@H]3CN(Cc4cc(F)cc(F)c4)C[C@@H]32)c(OCC)n1. The third-order valence-corrected chi connectivity index (χ3v) is 6.34. The fourth-order valence-electron chi connectivity index (χ4n) is 5.13. The van der Waals surface area contributed by atoms with E-state index in [1.165, 1.54) is 12.1 Å². The van der Waals surface area contributed by atoms with Gasteiger partial charge in [0, 0.05) is 37.8 Å². The van der Waals surface area contributed by atoms with Crippen LogP contribution in [-0.4, -0.2) is 46.3 Å². The van der Waals surface area contributed by atoms with E-state index in [1.807, 2.05) is 13.8 Å². The van der Waals surface area contributed by atoms with Crippen LogP contribution in [0.25, 0.3) is 0 Å². The molecule has 0 spiro atoms. The number of fused-ring (bicyclic) bond motifs is 1. The van der Waals surface area contributed by atoms with Crippen LogP contribution in [0.5, 0.6) is 11.9 Å². The summed E-state index contributed by atoms with van der Waals surface area (Å²) in [5, 5.41) is 11.9. The molecule has 0 bridgehead atoms. The summed E-state index contributed by atoms with van der Waals surface area (Å²) in [5.74, 6) is -0.555. The van der Waals surface area contributed by atoms with Crippen molar-refractivity contribution in [3.63, 3.8) is 0 Å². The Labute approximate surface area is 181 Å². The lowest BCUT2D eigenvalue weighted by molar-refractivity contribution is -0.0672. The summed E-state index contributed by atoms with van der Waals surface area (Å²) in [7, 11) is 0. The summed E-state index contributed by atoms with van der Waals surface area (Å²) in [6.45, 7) is 6.41. The van der Waals surface area contributed by atoms with E-state index in [9.17, 15) is 13.9 Å². The molecule has 8 heteroatoms. The van der Waals surface area contributed by atoms with Gasteiger partial charge in [-0.2, -0.15) is 4.98 Å². The Morgan fingerprint density at radius 1 is 1.13 bits per heavy atom.